The molecule has 0 saturated carbocycles. The van der Waals surface area contributed by atoms with Crippen molar-refractivity contribution in [2.75, 3.05) is 17.2 Å². The highest BCUT2D eigenvalue weighted by atomic mass is 35.7. The Hall–Kier alpha value is -2.05. The number of hydrogen-bond donors (Lipinski definition) is 0. The first-order chi connectivity index (χ1) is 11.4. The Morgan fingerprint density at radius 2 is 1.67 bits per heavy atom. The van der Waals surface area contributed by atoms with Crippen molar-refractivity contribution in [3.63, 3.8) is 0 Å². The molecule has 2 aromatic rings. The molecule has 0 aliphatic carbocycles. The van der Waals surface area contributed by atoms with Crippen LogP contribution in [0.3, 0.4) is 0 Å². The highest BCUT2D eigenvalue weighted by Crippen LogP contribution is 2.29. The second kappa shape index (κ2) is 6.83. The standard InChI is InChI=1S/C17H16ClNO4S/c18-24(21,22)12-13-10-17(20)19(11-13)14-6-8-16(9-7-14)23-15-4-2-1-3-5-15/h1-9,13H,10-12H2. The number of amides is 1. The van der Waals surface area contributed by atoms with Crippen LogP contribution in [0.4, 0.5) is 5.69 Å². The van der Waals surface area contributed by atoms with Crippen molar-refractivity contribution in [2.45, 2.75) is 6.42 Å². The lowest BCUT2D eigenvalue weighted by molar-refractivity contribution is -0.117. The Bertz CT molecular complexity index is 821. The molecule has 0 aromatic heterocycles. The number of ether oxygens (including phenoxy) is 1. The van der Waals surface area contributed by atoms with Crippen LogP contribution in [-0.4, -0.2) is 26.6 Å². The molecule has 2 aromatic carbocycles. The van der Waals surface area contributed by atoms with Gasteiger partial charge >= 0.3 is 0 Å². The number of rotatable bonds is 5. The molecule has 7 heteroatoms. The van der Waals surface area contributed by atoms with Crippen LogP contribution < -0.4 is 9.64 Å². The van der Waals surface area contributed by atoms with E-state index < -0.39 is 9.05 Å². The van der Waals surface area contributed by atoms with Crippen LogP contribution in [0.25, 0.3) is 0 Å². The molecular formula is C17H16ClNO4S. The smallest absolute Gasteiger partial charge is 0.232 e. The van der Waals surface area contributed by atoms with E-state index in [1.54, 1.807) is 29.2 Å². The first-order valence-electron chi connectivity index (χ1n) is 7.46. The maximum atomic E-state index is 12.1. The first kappa shape index (κ1) is 16.8. The molecule has 0 N–H and O–H groups in total. The molecule has 1 amide bonds. The molecule has 1 saturated heterocycles. The summed E-state index contributed by atoms with van der Waals surface area (Å²) in [5.41, 5.74) is 0.717. The minimum absolute atomic E-state index is 0.1000. The van der Waals surface area contributed by atoms with Gasteiger partial charge in [0.05, 0.1) is 5.75 Å². The van der Waals surface area contributed by atoms with Gasteiger partial charge in [-0.3, -0.25) is 4.79 Å². The van der Waals surface area contributed by atoms with Gasteiger partial charge in [0.25, 0.3) is 0 Å². The Labute approximate surface area is 145 Å². The number of carbonyl (C=O) groups is 1. The lowest BCUT2D eigenvalue weighted by Crippen LogP contribution is -2.25. The monoisotopic (exact) mass is 365 g/mol. The summed E-state index contributed by atoms with van der Waals surface area (Å²) in [5, 5.41) is 0. The summed E-state index contributed by atoms with van der Waals surface area (Å²) in [6, 6.07) is 16.5. The number of benzene rings is 2. The molecule has 1 heterocycles. The third-order valence-corrected chi connectivity index (χ3v) is 5.01. The molecule has 24 heavy (non-hydrogen) atoms. The Morgan fingerprint density at radius 3 is 2.29 bits per heavy atom. The summed E-state index contributed by atoms with van der Waals surface area (Å²) in [5.74, 6) is 0.829. The third kappa shape index (κ3) is 4.27. The van der Waals surface area contributed by atoms with Crippen LogP contribution in [0.2, 0.25) is 0 Å². The number of anilines is 1. The van der Waals surface area contributed by atoms with E-state index in [-0.39, 0.29) is 24.0 Å². The minimum Gasteiger partial charge on any atom is -0.457 e. The molecule has 1 atom stereocenters. The second-order valence-electron chi connectivity index (χ2n) is 5.69. The maximum Gasteiger partial charge on any atom is 0.232 e. The van der Waals surface area contributed by atoms with E-state index in [2.05, 4.69) is 0 Å². The van der Waals surface area contributed by atoms with E-state index in [9.17, 15) is 13.2 Å². The van der Waals surface area contributed by atoms with Crippen molar-refractivity contribution in [3.8, 4) is 11.5 Å². The number of hydrogen-bond acceptors (Lipinski definition) is 4. The fraction of sp³-hybridized carbons (Fsp3) is 0.235. The van der Waals surface area contributed by atoms with Crippen LogP contribution in [-0.2, 0) is 13.8 Å². The summed E-state index contributed by atoms with van der Waals surface area (Å²) in [6.45, 7) is 0.351. The van der Waals surface area contributed by atoms with Gasteiger partial charge in [0.15, 0.2) is 0 Å². The average Bonchev–Trinajstić information content (AvgIpc) is 2.87. The number of carbonyl (C=O) groups excluding carboxylic acids is 1. The first-order valence-corrected chi connectivity index (χ1v) is 9.94. The molecule has 1 aliphatic rings. The van der Waals surface area contributed by atoms with Crippen LogP contribution in [0, 0.1) is 5.92 Å². The molecule has 126 valence electrons. The van der Waals surface area contributed by atoms with Gasteiger partial charge < -0.3 is 9.64 Å². The molecule has 5 nitrogen and oxygen atoms in total. The van der Waals surface area contributed by atoms with Crippen molar-refractivity contribution in [1.82, 2.24) is 0 Å². The van der Waals surface area contributed by atoms with E-state index in [1.165, 1.54) is 0 Å². The minimum atomic E-state index is -3.60. The molecule has 1 aliphatic heterocycles. The van der Waals surface area contributed by atoms with Crippen molar-refractivity contribution >= 4 is 31.3 Å². The zero-order valence-electron chi connectivity index (χ0n) is 12.8. The Morgan fingerprint density at radius 1 is 1.04 bits per heavy atom. The zero-order chi connectivity index (χ0) is 17.2. The highest BCUT2D eigenvalue weighted by Gasteiger charge is 2.33. The van der Waals surface area contributed by atoms with Crippen LogP contribution in [0.5, 0.6) is 11.5 Å². The third-order valence-electron chi connectivity index (χ3n) is 3.77. The lowest BCUT2D eigenvalue weighted by atomic mass is 10.1. The van der Waals surface area contributed by atoms with Crippen molar-refractivity contribution in [1.29, 1.82) is 0 Å². The summed E-state index contributed by atoms with van der Waals surface area (Å²) in [7, 11) is 1.67. The molecule has 3 rings (SSSR count). The Balaban J connectivity index is 1.68. The fourth-order valence-corrected chi connectivity index (χ4v) is 4.06. The predicted molar refractivity (Wildman–Crippen MR) is 93.1 cm³/mol. The predicted octanol–water partition coefficient (Wildman–Crippen LogP) is 3.40. The van der Waals surface area contributed by atoms with Crippen molar-refractivity contribution in [3.05, 3.63) is 54.6 Å². The van der Waals surface area contributed by atoms with E-state index in [1.807, 2.05) is 30.3 Å². The van der Waals surface area contributed by atoms with E-state index >= 15 is 0 Å². The van der Waals surface area contributed by atoms with Gasteiger partial charge in [-0.05, 0) is 36.4 Å². The zero-order valence-corrected chi connectivity index (χ0v) is 14.3. The number of para-hydroxylation sites is 1. The summed E-state index contributed by atoms with van der Waals surface area (Å²) in [4.78, 5) is 13.7. The molecular weight excluding hydrogens is 350 g/mol. The second-order valence-corrected chi connectivity index (χ2v) is 8.51. The summed E-state index contributed by atoms with van der Waals surface area (Å²) < 4.78 is 28.1. The van der Waals surface area contributed by atoms with Crippen molar-refractivity contribution in [2.24, 2.45) is 5.92 Å². The molecule has 0 radical (unpaired) electrons. The van der Waals surface area contributed by atoms with Crippen LogP contribution in [0.15, 0.2) is 54.6 Å². The Kier molecular flexibility index (Phi) is 4.78. The van der Waals surface area contributed by atoms with E-state index in [4.69, 9.17) is 15.4 Å². The van der Waals surface area contributed by atoms with Gasteiger partial charge in [-0.2, -0.15) is 0 Å². The molecule has 1 fully saturated rings. The van der Waals surface area contributed by atoms with E-state index in [0.29, 0.717) is 12.3 Å². The average molecular weight is 366 g/mol. The number of nitrogens with zero attached hydrogens (tertiary/aromatic N) is 1. The highest BCUT2D eigenvalue weighted by molar-refractivity contribution is 8.13. The summed E-state index contributed by atoms with van der Waals surface area (Å²) >= 11 is 0. The van der Waals surface area contributed by atoms with Crippen molar-refractivity contribution < 1.29 is 17.9 Å². The largest absolute Gasteiger partial charge is 0.457 e. The van der Waals surface area contributed by atoms with Gasteiger partial charge in [-0.25, -0.2) is 8.42 Å². The molecule has 0 spiro atoms. The number of halogens is 1. The fourth-order valence-electron chi connectivity index (χ4n) is 2.74. The van der Waals surface area contributed by atoms with Gasteiger partial charge in [0.1, 0.15) is 11.5 Å². The van der Waals surface area contributed by atoms with Gasteiger partial charge in [0, 0.05) is 35.3 Å². The van der Waals surface area contributed by atoms with Gasteiger partial charge in [0.2, 0.25) is 15.0 Å². The van der Waals surface area contributed by atoms with Crippen LogP contribution >= 0.6 is 10.7 Å². The topological polar surface area (TPSA) is 63.7 Å². The molecule has 0 bridgehead atoms. The summed E-state index contributed by atoms with van der Waals surface area (Å²) in [6.07, 6.45) is 0.189. The van der Waals surface area contributed by atoms with Gasteiger partial charge in [-0.15, -0.1) is 0 Å². The lowest BCUT2D eigenvalue weighted by Gasteiger charge is -2.17. The van der Waals surface area contributed by atoms with E-state index in [0.717, 1.165) is 11.4 Å². The molecule has 1 unspecified atom stereocenters. The maximum absolute atomic E-state index is 12.1. The SMILES string of the molecule is O=C1CC(CS(=O)(=O)Cl)CN1c1ccc(Oc2ccccc2)cc1. The quantitative estimate of drug-likeness (QED) is 0.762. The van der Waals surface area contributed by atoms with Crippen LogP contribution in [0.1, 0.15) is 6.42 Å². The normalized spacial score (nSPS) is 18.0. The van der Waals surface area contributed by atoms with Gasteiger partial charge in [-0.1, -0.05) is 18.2 Å².